The van der Waals surface area contributed by atoms with Gasteiger partial charge in [-0.25, -0.2) is 0 Å². The lowest BCUT2D eigenvalue weighted by atomic mass is 9.83. The Kier molecular flexibility index (Phi) is 10.2. The number of hydrogen-bond acceptors (Lipinski definition) is 0. The molecule has 98 valence electrons. The summed E-state index contributed by atoms with van der Waals surface area (Å²) in [6, 6.07) is 0. The summed E-state index contributed by atoms with van der Waals surface area (Å²) >= 11 is 0. The van der Waals surface area contributed by atoms with Crippen molar-refractivity contribution < 1.29 is 0 Å². The third-order valence-corrected chi connectivity index (χ3v) is 4.04. The van der Waals surface area contributed by atoms with Gasteiger partial charge < -0.3 is 0 Å². The number of rotatable bonds is 10. The molecule has 0 spiro atoms. The van der Waals surface area contributed by atoms with Gasteiger partial charge in [-0.05, 0) is 24.2 Å². The zero-order valence-corrected chi connectivity index (χ0v) is 12.4. The predicted molar refractivity (Wildman–Crippen MR) is 75.8 cm³/mol. The van der Waals surface area contributed by atoms with E-state index in [1.807, 2.05) is 0 Å². The molecule has 0 saturated carbocycles. The fraction of sp³-hybridized carbons (Fsp3) is 1.00. The van der Waals surface area contributed by atoms with Crippen LogP contribution in [0.2, 0.25) is 0 Å². The van der Waals surface area contributed by atoms with E-state index in [0.717, 1.165) is 17.8 Å². The average Bonchev–Trinajstić information content (AvgIpc) is 2.24. The molecular weight excluding hydrogens is 192 g/mol. The van der Waals surface area contributed by atoms with Crippen LogP contribution in [0.4, 0.5) is 0 Å². The molecule has 0 heteroatoms. The summed E-state index contributed by atoms with van der Waals surface area (Å²) in [5.41, 5.74) is 0. The minimum atomic E-state index is 0.918. The first-order chi connectivity index (χ1) is 7.61. The van der Waals surface area contributed by atoms with Crippen LogP contribution in [-0.2, 0) is 0 Å². The Labute approximate surface area is 104 Å². The average molecular weight is 226 g/mol. The maximum absolute atomic E-state index is 2.45. The molecule has 0 N–H and O–H groups in total. The Bertz CT molecular complexity index is 139. The van der Waals surface area contributed by atoms with Crippen molar-refractivity contribution in [3.8, 4) is 0 Å². The van der Waals surface area contributed by atoms with Crippen LogP contribution >= 0.6 is 0 Å². The lowest BCUT2D eigenvalue weighted by Gasteiger charge is -2.23. The Morgan fingerprint density at radius 2 is 1.38 bits per heavy atom. The van der Waals surface area contributed by atoms with Gasteiger partial charge in [0.25, 0.3) is 0 Å². The van der Waals surface area contributed by atoms with Gasteiger partial charge in [0.05, 0.1) is 0 Å². The molecule has 0 rings (SSSR count). The molecule has 0 aliphatic heterocycles. The van der Waals surface area contributed by atoms with Crippen LogP contribution in [0.3, 0.4) is 0 Å². The second-order valence-electron chi connectivity index (χ2n) is 5.93. The minimum Gasteiger partial charge on any atom is -0.0654 e. The predicted octanol–water partition coefficient (Wildman–Crippen LogP) is 6.06. The normalized spacial score (nSPS) is 17.1. The van der Waals surface area contributed by atoms with Crippen molar-refractivity contribution in [1.82, 2.24) is 0 Å². The van der Waals surface area contributed by atoms with E-state index < -0.39 is 0 Å². The Morgan fingerprint density at radius 3 is 1.94 bits per heavy atom. The Hall–Kier alpha value is 0. The molecule has 16 heavy (non-hydrogen) atoms. The van der Waals surface area contributed by atoms with E-state index in [1.165, 1.54) is 51.4 Å². The topological polar surface area (TPSA) is 0 Å². The highest BCUT2D eigenvalue weighted by Gasteiger charge is 2.14. The first-order valence-corrected chi connectivity index (χ1v) is 7.61. The van der Waals surface area contributed by atoms with E-state index in [9.17, 15) is 0 Å². The summed E-state index contributed by atoms with van der Waals surface area (Å²) in [4.78, 5) is 0. The summed E-state index contributed by atoms with van der Waals surface area (Å²) in [6.07, 6.45) is 11.3. The van der Waals surface area contributed by atoms with E-state index >= 15 is 0 Å². The van der Waals surface area contributed by atoms with Crippen molar-refractivity contribution in [2.45, 2.75) is 86.0 Å². The molecule has 0 amide bonds. The first kappa shape index (κ1) is 16.0. The fourth-order valence-corrected chi connectivity index (χ4v) is 2.64. The van der Waals surface area contributed by atoms with Crippen molar-refractivity contribution in [3.05, 3.63) is 0 Å². The molecule has 0 fully saturated rings. The smallest absolute Gasteiger partial charge is 0.0414 e. The van der Waals surface area contributed by atoms with Crippen LogP contribution in [0.1, 0.15) is 86.0 Å². The maximum Gasteiger partial charge on any atom is -0.0414 e. The fourth-order valence-electron chi connectivity index (χ4n) is 2.64. The van der Waals surface area contributed by atoms with Crippen molar-refractivity contribution in [3.63, 3.8) is 0 Å². The summed E-state index contributed by atoms with van der Waals surface area (Å²) in [6.45, 7) is 11.9. The largest absolute Gasteiger partial charge is 0.0654 e. The second-order valence-corrected chi connectivity index (χ2v) is 5.93. The van der Waals surface area contributed by atoms with E-state index in [2.05, 4.69) is 34.6 Å². The third kappa shape index (κ3) is 8.19. The van der Waals surface area contributed by atoms with Crippen molar-refractivity contribution in [1.29, 1.82) is 0 Å². The van der Waals surface area contributed by atoms with Crippen LogP contribution < -0.4 is 0 Å². The van der Waals surface area contributed by atoms with Crippen molar-refractivity contribution in [2.24, 2.45) is 17.8 Å². The monoisotopic (exact) mass is 226 g/mol. The Morgan fingerprint density at radius 1 is 0.688 bits per heavy atom. The third-order valence-electron chi connectivity index (χ3n) is 4.04. The van der Waals surface area contributed by atoms with Gasteiger partial charge in [0.1, 0.15) is 0 Å². The zero-order chi connectivity index (χ0) is 12.4. The van der Waals surface area contributed by atoms with E-state index in [1.54, 1.807) is 0 Å². The number of unbranched alkanes of at least 4 members (excludes halogenated alkanes) is 3. The van der Waals surface area contributed by atoms with Gasteiger partial charge in [-0.15, -0.1) is 0 Å². The molecular formula is C16H34. The van der Waals surface area contributed by atoms with Crippen molar-refractivity contribution >= 4 is 0 Å². The summed E-state index contributed by atoms with van der Waals surface area (Å²) in [5, 5.41) is 0. The minimum absolute atomic E-state index is 0.918. The molecule has 0 aromatic heterocycles. The molecule has 0 aliphatic rings. The van der Waals surface area contributed by atoms with Gasteiger partial charge >= 0.3 is 0 Å². The highest BCUT2D eigenvalue weighted by atomic mass is 14.2. The van der Waals surface area contributed by atoms with Gasteiger partial charge in [0.15, 0.2) is 0 Å². The summed E-state index contributed by atoms with van der Waals surface area (Å²) < 4.78 is 0. The van der Waals surface area contributed by atoms with Gasteiger partial charge in [-0.1, -0.05) is 79.6 Å². The van der Waals surface area contributed by atoms with Crippen LogP contribution in [0.5, 0.6) is 0 Å². The quantitative estimate of drug-likeness (QED) is 0.397. The van der Waals surface area contributed by atoms with Gasteiger partial charge in [0, 0.05) is 0 Å². The van der Waals surface area contributed by atoms with Crippen molar-refractivity contribution in [2.75, 3.05) is 0 Å². The van der Waals surface area contributed by atoms with E-state index in [-0.39, 0.29) is 0 Å². The molecule has 0 aromatic carbocycles. The molecule has 0 nitrogen and oxygen atoms in total. The zero-order valence-electron chi connectivity index (χ0n) is 12.4. The van der Waals surface area contributed by atoms with Crippen LogP contribution in [0.25, 0.3) is 0 Å². The highest BCUT2D eigenvalue weighted by molar-refractivity contribution is 4.65. The highest BCUT2D eigenvalue weighted by Crippen LogP contribution is 2.26. The molecule has 3 unspecified atom stereocenters. The van der Waals surface area contributed by atoms with Gasteiger partial charge in [0.2, 0.25) is 0 Å². The molecule has 0 bridgehead atoms. The van der Waals surface area contributed by atoms with Crippen LogP contribution in [0, 0.1) is 17.8 Å². The lowest BCUT2D eigenvalue weighted by Crippen LogP contribution is -2.11. The molecule has 3 atom stereocenters. The summed E-state index contributed by atoms with van der Waals surface area (Å²) in [7, 11) is 0. The maximum atomic E-state index is 2.45. The van der Waals surface area contributed by atoms with Crippen LogP contribution in [-0.4, -0.2) is 0 Å². The molecule has 0 heterocycles. The van der Waals surface area contributed by atoms with E-state index in [0.29, 0.717) is 0 Å². The van der Waals surface area contributed by atoms with Gasteiger partial charge in [-0.3, -0.25) is 0 Å². The Balaban J connectivity index is 3.56. The first-order valence-electron chi connectivity index (χ1n) is 7.61. The van der Waals surface area contributed by atoms with E-state index in [4.69, 9.17) is 0 Å². The lowest BCUT2D eigenvalue weighted by molar-refractivity contribution is 0.287. The van der Waals surface area contributed by atoms with Gasteiger partial charge in [-0.2, -0.15) is 0 Å². The SMILES string of the molecule is CCCCCCC(C)CC(C)C(C)CCC. The molecule has 0 saturated heterocycles. The molecule has 0 radical (unpaired) electrons. The molecule has 0 aromatic rings. The number of hydrogen-bond donors (Lipinski definition) is 0. The van der Waals surface area contributed by atoms with Crippen LogP contribution in [0.15, 0.2) is 0 Å². The molecule has 0 aliphatic carbocycles. The second kappa shape index (κ2) is 10.2. The standard InChI is InChI=1S/C16H34/c1-6-8-9-10-12-14(3)13-16(5)15(4)11-7-2/h14-16H,6-13H2,1-5H3. The summed E-state index contributed by atoms with van der Waals surface area (Å²) in [5.74, 6) is 2.77.